The van der Waals surface area contributed by atoms with Gasteiger partial charge in [-0.2, -0.15) is 0 Å². The van der Waals surface area contributed by atoms with Crippen molar-refractivity contribution in [1.29, 1.82) is 0 Å². The van der Waals surface area contributed by atoms with E-state index in [-0.39, 0.29) is 23.9 Å². The average Bonchev–Trinajstić information content (AvgIpc) is 2.81. The van der Waals surface area contributed by atoms with Crippen molar-refractivity contribution in [2.75, 3.05) is 19.7 Å². The van der Waals surface area contributed by atoms with E-state index >= 15 is 0 Å². The minimum Gasteiger partial charge on any atom is -0.400 e. The number of rotatable bonds is 4. The Bertz CT molecular complexity index is 668. The van der Waals surface area contributed by atoms with E-state index in [1.807, 2.05) is 5.98 Å². The molecule has 4 nitrogen and oxygen atoms in total. The molecule has 3 fully saturated rings. The van der Waals surface area contributed by atoms with Gasteiger partial charge in [-0.05, 0) is 58.1 Å². The maximum atomic E-state index is 6.01. The smallest absolute Gasteiger partial charge is 0.400 e. The Morgan fingerprint density at radius 2 is 1.56 bits per heavy atom. The lowest BCUT2D eigenvalue weighted by Crippen LogP contribution is -2.52. The number of piperidine rings is 1. The van der Waals surface area contributed by atoms with Crippen LogP contribution in [-0.2, 0) is 20.6 Å². The molecule has 1 aromatic carbocycles. The summed E-state index contributed by atoms with van der Waals surface area (Å²) in [6.45, 7) is 12.6. The summed E-state index contributed by atoms with van der Waals surface area (Å²) in [6, 6.07) is 8.82. The van der Waals surface area contributed by atoms with E-state index in [4.69, 9.17) is 14.0 Å². The van der Waals surface area contributed by atoms with Crippen LogP contribution < -0.4 is 0 Å². The van der Waals surface area contributed by atoms with Crippen LogP contribution in [0.2, 0.25) is 0 Å². The maximum absolute atomic E-state index is 6.01. The highest BCUT2D eigenvalue weighted by atomic mass is 16.7. The fourth-order valence-electron chi connectivity index (χ4n) is 4.05. The van der Waals surface area contributed by atoms with Crippen LogP contribution >= 0.6 is 0 Å². The predicted molar refractivity (Wildman–Crippen MR) is 109 cm³/mol. The number of hydrogen-bond acceptors (Lipinski definition) is 4. The van der Waals surface area contributed by atoms with Crippen molar-refractivity contribution in [1.82, 2.24) is 4.90 Å². The molecule has 0 amide bonds. The molecule has 146 valence electrons. The molecule has 3 saturated heterocycles. The Hall–Kier alpha value is -1.14. The summed E-state index contributed by atoms with van der Waals surface area (Å²) in [5, 5.41) is 0. The third-order valence-corrected chi connectivity index (χ3v) is 6.84. The first kappa shape index (κ1) is 19.2. The third kappa shape index (κ3) is 4.02. The molecular formula is C22H32BNO3. The second kappa shape index (κ2) is 7.04. The van der Waals surface area contributed by atoms with Crippen molar-refractivity contribution < 1.29 is 14.0 Å². The van der Waals surface area contributed by atoms with Gasteiger partial charge in [-0.25, -0.2) is 0 Å². The van der Waals surface area contributed by atoms with Gasteiger partial charge in [0.15, 0.2) is 0 Å². The third-order valence-electron chi connectivity index (χ3n) is 6.84. The molecule has 0 aliphatic carbocycles. The fourth-order valence-corrected chi connectivity index (χ4v) is 4.05. The molecule has 0 radical (unpaired) electrons. The summed E-state index contributed by atoms with van der Waals surface area (Å²) in [7, 11) is -0.288. The summed E-state index contributed by atoms with van der Waals surface area (Å²) < 4.78 is 17.8. The molecule has 5 heteroatoms. The molecule has 1 aromatic rings. The van der Waals surface area contributed by atoms with Crippen LogP contribution in [0.15, 0.2) is 30.2 Å². The van der Waals surface area contributed by atoms with Crippen LogP contribution in [-0.4, -0.2) is 48.5 Å². The number of ether oxygens (including phenoxy) is 1. The molecule has 3 aliphatic rings. The monoisotopic (exact) mass is 369 g/mol. The molecule has 0 bridgehead atoms. The van der Waals surface area contributed by atoms with Gasteiger partial charge in [-0.3, -0.25) is 4.90 Å². The summed E-state index contributed by atoms with van der Waals surface area (Å²) in [6.07, 6.45) is 5.71. The predicted octanol–water partition coefficient (Wildman–Crippen LogP) is 4.09. The highest BCUT2D eigenvalue weighted by molar-refractivity contribution is 6.52. The van der Waals surface area contributed by atoms with E-state index in [0.717, 1.165) is 26.2 Å². The van der Waals surface area contributed by atoms with Gasteiger partial charge in [0.05, 0.1) is 23.4 Å². The van der Waals surface area contributed by atoms with Crippen LogP contribution in [0.5, 0.6) is 0 Å². The van der Waals surface area contributed by atoms with Gasteiger partial charge in [0.1, 0.15) is 0 Å². The van der Waals surface area contributed by atoms with Crippen LogP contribution in [0.1, 0.15) is 58.1 Å². The lowest BCUT2D eigenvalue weighted by atomic mass is 9.84. The summed E-state index contributed by atoms with van der Waals surface area (Å²) >= 11 is 0. The second-order valence-corrected chi connectivity index (χ2v) is 9.28. The van der Waals surface area contributed by atoms with Crippen molar-refractivity contribution in [3.63, 3.8) is 0 Å². The Labute approximate surface area is 164 Å². The van der Waals surface area contributed by atoms with Gasteiger partial charge in [0, 0.05) is 19.6 Å². The molecule has 0 N–H and O–H groups in total. The van der Waals surface area contributed by atoms with E-state index in [2.05, 4.69) is 62.9 Å². The van der Waals surface area contributed by atoms with Gasteiger partial charge in [-0.1, -0.05) is 36.3 Å². The van der Waals surface area contributed by atoms with E-state index < -0.39 is 0 Å². The van der Waals surface area contributed by atoms with Gasteiger partial charge >= 0.3 is 7.12 Å². The maximum Gasteiger partial charge on any atom is 0.487 e. The summed E-state index contributed by atoms with van der Waals surface area (Å²) in [5.41, 5.74) is 2.20. The Balaban J connectivity index is 1.29. The topological polar surface area (TPSA) is 30.9 Å². The van der Waals surface area contributed by atoms with Crippen LogP contribution in [0.3, 0.4) is 0 Å². The molecule has 0 aromatic heterocycles. The number of benzene rings is 1. The molecule has 3 heterocycles. The number of likely N-dealkylation sites (tertiary alicyclic amines) is 1. The largest absolute Gasteiger partial charge is 0.487 e. The zero-order valence-corrected chi connectivity index (χ0v) is 17.2. The highest BCUT2D eigenvalue weighted by Crippen LogP contribution is 2.38. The lowest BCUT2D eigenvalue weighted by molar-refractivity contribution is -0.173. The van der Waals surface area contributed by atoms with Gasteiger partial charge < -0.3 is 14.0 Å². The normalized spacial score (nSPS) is 26.6. The van der Waals surface area contributed by atoms with Crippen LogP contribution in [0.25, 0.3) is 6.08 Å². The van der Waals surface area contributed by atoms with Crippen LogP contribution in [0.4, 0.5) is 0 Å². The first-order valence-corrected chi connectivity index (χ1v) is 10.3. The average molecular weight is 369 g/mol. The zero-order chi connectivity index (χ0) is 19.1. The molecule has 4 rings (SSSR count). The van der Waals surface area contributed by atoms with Crippen molar-refractivity contribution in [3.8, 4) is 0 Å². The first-order chi connectivity index (χ1) is 12.8. The van der Waals surface area contributed by atoms with Crippen molar-refractivity contribution in [2.45, 2.75) is 70.3 Å². The minimum absolute atomic E-state index is 0.235. The first-order valence-electron chi connectivity index (χ1n) is 10.3. The molecule has 1 spiro atoms. The molecular weight excluding hydrogens is 337 g/mol. The molecule has 0 atom stereocenters. The number of nitrogens with zero attached hydrogens (tertiary/aromatic N) is 1. The lowest BCUT2D eigenvalue weighted by Gasteiger charge is -2.47. The highest BCUT2D eigenvalue weighted by Gasteiger charge is 2.50. The zero-order valence-electron chi connectivity index (χ0n) is 17.2. The number of hydrogen-bond donors (Lipinski definition) is 0. The van der Waals surface area contributed by atoms with Gasteiger partial charge in [0.25, 0.3) is 0 Å². The van der Waals surface area contributed by atoms with Crippen molar-refractivity contribution in [3.05, 3.63) is 41.4 Å². The molecule has 0 unspecified atom stereocenters. The van der Waals surface area contributed by atoms with E-state index in [1.54, 1.807) is 0 Å². The van der Waals surface area contributed by atoms with Crippen molar-refractivity contribution in [2.24, 2.45) is 0 Å². The van der Waals surface area contributed by atoms with Crippen LogP contribution in [0, 0.1) is 0 Å². The second-order valence-electron chi connectivity index (χ2n) is 9.28. The fraction of sp³-hybridized carbons (Fsp3) is 0.636. The minimum atomic E-state index is -0.288. The Morgan fingerprint density at radius 1 is 0.963 bits per heavy atom. The Morgan fingerprint density at radius 3 is 2.07 bits per heavy atom. The molecule has 3 aliphatic heterocycles. The standard InChI is InChI=1S/C22H32BNO3/c1-20(2)21(3,4)27-23(26-20)13-9-18-5-7-19(8-6-18)17-24-14-10-22(11-15-24)12-16-25-22/h5-9,13H,10-12,14-17H2,1-4H3/b13-9+. The Kier molecular flexibility index (Phi) is 5.00. The summed E-state index contributed by atoms with van der Waals surface area (Å²) in [5.74, 6) is 2.01. The molecule has 27 heavy (non-hydrogen) atoms. The van der Waals surface area contributed by atoms with E-state index in [9.17, 15) is 0 Å². The summed E-state index contributed by atoms with van der Waals surface area (Å²) in [4.78, 5) is 2.54. The van der Waals surface area contributed by atoms with E-state index in [0.29, 0.717) is 0 Å². The van der Waals surface area contributed by atoms with Crippen molar-refractivity contribution >= 4 is 13.2 Å². The quantitative estimate of drug-likeness (QED) is 0.749. The SMILES string of the molecule is CC1(C)OB(/C=C/c2ccc(CN3CCC4(CCO4)CC3)cc2)OC1(C)C. The van der Waals surface area contributed by atoms with Gasteiger partial charge in [0.2, 0.25) is 0 Å². The molecule has 0 saturated carbocycles. The van der Waals surface area contributed by atoms with Gasteiger partial charge in [-0.15, -0.1) is 0 Å². The van der Waals surface area contributed by atoms with E-state index in [1.165, 1.54) is 30.4 Å².